The summed E-state index contributed by atoms with van der Waals surface area (Å²) >= 11 is 0. The monoisotopic (exact) mass is 347 g/mol. The summed E-state index contributed by atoms with van der Waals surface area (Å²) in [5.74, 6) is 1.22. The number of amides is 1. The first-order valence-corrected chi connectivity index (χ1v) is 8.65. The highest BCUT2D eigenvalue weighted by molar-refractivity contribution is 5.81. The van der Waals surface area contributed by atoms with Crippen molar-refractivity contribution < 1.29 is 13.7 Å². The standard InChI is InChI=1S/C17H25N5O3/c1-12(2)18-17(23)13(3)22-7-5-21(6-8-22)10-15-19-16(20-25-15)14-4-9-24-11-14/h4,9,11-13H,5-8,10H2,1-3H3,(H,18,23). The van der Waals surface area contributed by atoms with Gasteiger partial charge in [0.25, 0.3) is 0 Å². The van der Waals surface area contributed by atoms with Crippen LogP contribution in [0.5, 0.6) is 0 Å². The molecule has 1 fully saturated rings. The van der Waals surface area contributed by atoms with Gasteiger partial charge in [-0.1, -0.05) is 5.16 Å². The lowest BCUT2D eigenvalue weighted by molar-refractivity contribution is -0.127. The fourth-order valence-corrected chi connectivity index (χ4v) is 2.90. The minimum absolute atomic E-state index is 0.0881. The van der Waals surface area contributed by atoms with Gasteiger partial charge in [0.15, 0.2) is 0 Å². The van der Waals surface area contributed by atoms with Crippen molar-refractivity contribution in [2.75, 3.05) is 26.2 Å². The van der Waals surface area contributed by atoms with Crippen molar-refractivity contribution in [2.24, 2.45) is 0 Å². The SMILES string of the molecule is CC(C)NC(=O)C(C)N1CCN(Cc2nc(-c3ccoc3)no2)CC1. The van der Waals surface area contributed by atoms with Gasteiger partial charge in [-0.3, -0.25) is 14.6 Å². The van der Waals surface area contributed by atoms with Crippen LogP contribution in [-0.4, -0.2) is 64.1 Å². The third-order valence-electron chi connectivity index (χ3n) is 4.37. The minimum atomic E-state index is -0.111. The molecule has 1 atom stereocenters. The fourth-order valence-electron chi connectivity index (χ4n) is 2.90. The molecule has 3 rings (SSSR count). The van der Waals surface area contributed by atoms with Crippen LogP contribution >= 0.6 is 0 Å². The van der Waals surface area contributed by atoms with Crippen molar-refractivity contribution in [3.8, 4) is 11.4 Å². The van der Waals surface area contributed by atoms with E-state index in [2.05, 4.69) is 25.3 Å². The van der Waals surface area contributed by atoms with Crippen LogP contribution in [0.25, 0.3) is 11.4 Å². The zero-order chi connectivity index (χ0) is 17.8. The first kappa shape index (κ1) is 17.6. The average molecular weight is 347 g/mol. The molecule has 1 aliphatic rings. The number of rotatable bonds is 6. The van der Waals surface area contributed by atoms with E-state index in [1.165, 1.54) is 0 Å². The molecule has 0 aliphatic carbocycles. The average Bonchev–Trinajstić information content (AvgIpc) is 3.25. The number of nitrogens with one attached hydrogen (secondary N) is 1. The van der Waals surface area contributed by atoms with Crippen LogP contribution in [0.3, 0.4) is 0 Å². The fraction of sp³-hybridized carbons (Fsp3) is 0.588. The van der Waals surface area contributed by atoms with Gasteiger partial charge in [0.05, 0.1) is 24.4 Å². The van der Waals surface area contributed by atoms with Crippen LogP contribution < -0.4 is 5.32 Å². The molecule has 1 N–H and O–H groups in total. The smallest absolute Gasteiger partial charge is 0.241 e. The van der Waals surface area contributed by atoms with Crippen molar-refractivity contribution in [3.63, 3.8) is 0 Å². The number of hydrogen-bond donors (Lipinski definition) is 1. The number of piperazine rings is 1. The summed E-state index contributed by atoms with van der Waals surface area (Å²) in [5.41, 5.74) is 0.810. The van der Waals surface area contributed by atoms with E-state index in [0.29, 0.717) is 18.3 Å². The summed E-state index contributed by atoms with van der Waals surface area (Å²) in [6.45, 7) is 9.94. The zero-order valence-electron chi connectivity index (χ0n) is 14.9. The van der Waals surface area contributed by atoms with E-state index in [0.717, 1.165) is 31.7 Å². The lowest BCUT2D eigenvalue weighted by atomic mass is 10.2. The van der Waals surface area contributed by atoms with Crippen LogP contribution in [0.2, 0.25) is 0 Å². The molecule has 2 aromatic rings. The third kappa shape index (κ3) is 4.46. The van der Waals surface area contributed by atoms with Gasteiger partial charge in [0.2, 0.25) is 17.6 Å². The second-order valence-corrected chi connectivity index (χ2v) is 6.68. The third-order valence-corrected chi connectivity index (χ3v) is 4.37. The van der Waals surface area contributed by atoms with Gasteiger partial charge in [-0.25, -0.2) is 0 Å². The predicted octanol–water partition coefficient (Wildman–Crippen LogP) is 1.36. The molecule has 0 bridgehead atoms. The van der Waals surface area contributed by atoms with Gasteiger partial charge >= 0.3 is 0 Å². The van der Waals surface area contributed by atoms with Gasteiger partial charge < -0.3 is 14.3 Å². The molecule has 25 heavy (non-hydrogen) atoms. The molecule has 136 valence electrons. The Morgan fingerprint density at radius 3 is 2.68 bits per heavy atom. The van der Waals surface area contributed by atoms with Crippen molar-refractivity contribution in [1.29, 1.82) is 0 Å². The van der Waals surface area contributed by atoms with Crippen LogP contribution in [0.1, 0.15) is 26.7 Å². The number of carbonyl (C=O) groups excluding carboxylic acids is 1. The molecule has 3 heterocycles. The van der Waals surface area contributed by atoms with Gasteiger partial charge in [-0.15, -0.1) is 0 Å². The predicted molar refractivity (Wildman–Crippen MR) is 91.6 cm³/mol. The van der Waals surface area contributed by atoms with E-state index in [1.54, 1.807) is 18.6 Å². The van der Waals surface area contributed by atoms with Crippen molar-refractivity contribution in [1.82, 2.24) is 25.3 Å². The van der Waals surface area contributed by atoms with Crippen molar-refractivity contribution in [2.45, 2.75) is 39.4 Å². The molecule has 2 aromatic heterocycles. The molecule has 0 saturated carbocycles. The number of hydrogen-bond acceptors (Lipinski definition) is 7. The Labute approximate surface area is 147 Å². The molecule has 0 radical (unpaired) electrons. The topological polar surface area (TPSA) is 87.6 Å². The maximum Gasteiger partial charge on any atom is 0.241 e. The first-order chi connectivity index (χ1) is 12.0. The van der Waals surface area contributed by atoms with E-state index in [4.69, 9.17) is 8.94 Å². The van der Waals surface area contributed by atoms with Crippen molar-refractivity contribution in [3.05, 3.63) is 24.5 Å². The summed E-state index contributed by atoms with van der Waals surface area (Å²) in [5, 5.41) is 6.95. The van der Waals surface area contributed by atoms with Gasteiger partial charge in [-0.05, 0) is 26.8 Å². The molecular weight excluding hydrogens is 322 g/mol. The molecule has 1 saturated heterocycles. The Kier molecular flexibility index (Phi) is 5.50. The Hall–Kier alpha value is -2.19. The second kappa shape index (κ2) is 7.79. The van der Waals surface area contributed by atoms with Crippen LogP contribution in [0, 0.1) is 0 Å². The lowest BCUT2D eigenvalue weighted by Gasteiger charge is -2.37. The Bertz CT molecular complexity index is 674. The number of aromatic nitrogens is 2. The molecule has 1 unspecified atom stereocenters. The highest BCUT2D eigenvalue weighted by atomic mass is 16.5. The van der Waals surface area contributed by atoms with Crippen LogP contribution in [0.4, 0.5) is 0 Å². The second-order valence-electron chi connectivity index (χ2n) is 6.68. The Morgan fingerprint density at radius 1 is 1.28 bits per heavy atom. The van der Waals surface area contributed by atoms with E-state index in [9.17, 15) is 4.79 Å². The van der Waals surface area contributed by atoms with Gasteiger partial charge in [0, 0.05) is 32.2 Å². The molecule has 1 aliphatic heterocycles. The van der Waals surface area contributed by atoms with E-state index in [-0.39, 0.29) is 18.0 Å². The number of carbonyl (C=O) groups is 1. The summed E-state index contributed by atoms with van der Waals surface area (Å²) in [7, 11) is 0. The van der Waals surface area contributed by atoms with E-state index >= 15 is 0 Å². The molecular formula is C17H25N5O3. The van der Waals surface area contributed by atoms with Gasteiger partial charge in [0.1, 0.15) is 6.26 Å². The summed E-state index contributed by atoms with van der Waals surface area (Å²) in [4.78, 5) is 21.0. The lowest BCUT2D eigenvalue weighted by Crippen LogP contribution is -2.54. The minimum Gasteiger partial charge on any atom is -0.472 e. The van der Waals surface area contributed by atoms with E-state index in [1.807, 2.05) is 20.8 Å². The normalized spacial score (nSPS) is 17.8. The summed E-state index contributed by atoms with van der Waals surface area (Å²) < 4.78 is 10.4. The van der Waals surface area contributed by atoms with E-state index < -0.39 is 0 Å². The molecule has 8 heteroatoms. The highest BCUT2D eigenvalue weighted by Crippen LogP contribution is 2.17. The van der Waals surface area contributed by atoms with Crippen molar-refractivity contribution >= 4 is 5.91 Å². The molecule has 8 nitrogen and oxygen atoms in total. The summed E-state index contributed by atoms with van der Waals surface area (Å²) in [6, 6.07) is 1.86. The van der Waals surface area contributed by atoms with Crippen LogP contribution in [0.15, 0.2) is 27.5 Å². The highest BCUT2D eigenvalue weighted by Gasteiger charge is 2.26. The maximum absolute atomic E-state index is 12.1. The molecule has 0 aromatic carbocycles. The van der Waals surface area contributed by atoms with Crippen LogP contribution in [-0.2, 0) is 11.3 Å². The molecule has 0 spiro atoms. The number of furan rings is 1. The summed E-state index contributed by atoms with van der Waals surface area (Å²) in [6.07, 6.45) is 3.18. The first-order valence-electron chi connectivity index (χ1n) is 8.65. The maximum atomic E-state index is 12.1. The number of nitrogens with zero attached hydrogens (tertiary/aromatic N) is 4. The largest absolute Gasteiger partial charge is 0.472 e. The van der Waals surface area contributed by atoms with Gasteiger partial charge in [-0.2, -0.15) is 4.98 Å². The Balaban J connectivity index is 1.49. The molecule has 1 amide bonds. The zero-order valence-corrected chi connectivity index (χ0v) is 14.9. The quantitative estimate of drug-likeness (QED) is 0.844. The Morgan fingerprint density at radius 2 is 2.04 bits per heavy atom.